The molecular formula is C21H24N4. The number of rotatable bonds is 5. The van der Waals surface area contributed by atoms with Gasteiger partial charge >= 0.3 is 0 Å². The van der Waals surface area contributed by atoms with Gasteiger partial charge in [-0.1, -0.05) is 42.5 Å². The van der Waals surface area contributed by atoms with Gasteiger partial charge in [-0.25, -0.2) is 9.97 Å². The molecule has 0 aliphatic rings. The van der Waals surface area contributed by atoms with E-state index in [4.69, 9.17) is 0 Å². The number of anilines is 3. The predicted molar refractivity (Wildman–Crippen MR) is 105 cm³/mol. The van der Waals surface area contributed by atoms with Crippen LogP contribution in [0.1, 0.15) is 22.5 Å². The first-order valence-corrected chi connectivity index (χ1v) is 8.47. The van der Waals surface area contributed by atoms with Crippen LogP contribution in [0.3, 0.4) is 0 Å². The number of aromatic nitrogens is 2. The molecule has 3 rings (SSSR count). The quantitative estimate of drug-likeness (QED) is 0.730. The number of benzene rings is 2. The maximum Gasteiger partial charge on any atom is 0.136 e. The van der Waals surface area contributed by atoms with E-state index in [0.29, 0.717) is 0 Å². The molecule has 0 aliphatic carbocycles. The molecule has 4 nitrogen and oxygen atoms in total. The second kappa shape index (κ2) is 7.34. The number of aryl methyl sites for hydroxylation is 2. The molecule has 0 radical (unpaired) electrons. The van der Waals surface area contributed by atoms with E-state index >= 15 is 0 Å². The van der Waals surface area contributed by atoms with Gasteiger partial charge < -0.3 is 10.2 Å². The first-order chi connectivity index (χ1) is 12.0. The molecule has 128 valence electrons. The molecule has 1 aromatic heterocycles. The Balaban J connectivity index is 1.84. The fourth-order valence-electron chi connectivity index (χ4n) is 2.77. The van der Waals surface area contributed by atoms with Crippen molar-refractivity contribution in [2.45, 2.75) is 27.3 Å². The van der Waals surface area contributed by atoms with Crippen LogP contribution in [0, 0.1) is 20.8 Å². The SMILES string of the molecule is Cc1nc(Nc2cccc(C)c2C)cc(N(C)Cc2ccccc2)n1. The Bertz CT molecular complexity index is 859. The summed E-state index contributed by atoms with van der Waals surface area (Å²) in [5, 5.41) is 3.44. The summed E-state index contributed by atoms with van der Waals surface area (Å²) >= 11 is 0. The highest BCUT2D eigenvalue weighted by Crippen LogP contribution is 2.24. The fourth-order valence-corrected chi connectivity index (χ4v) is 2.77. The van der Waals surface area contributed by atoms with Gasteiger partial charge in [0, 0.05) is 25.3 Å². The van der Waals surface area contributed by atoms with Crippen molar-refractivity contribution in [2.24, 2.45) is 0 Å². The Hall–Kier alpha value is -2.88. The van der Waals surface area contributed by atoms with Crippen LogP contribution in [0.5, 0.6) is 0 Å². The average Bonchev–Trinajstić information content (AvgIpc) is 2.59. The Morgan fingerprint density at radius 1 is 0.920 bits per heavy atom. The lowest BCUT2D eigenvalue weighted by molar-refractivity contribution is 0.880. The minimum Gasteiger partial charge on any atom is -0.355 e. The van der Waals surface area contributed by atoms with E-state index in [1.54, 1.807) is 0 Å². The first kappa shape index (κ1) is 17.0. The second-order valence-electron chi connectivity index (χ2n) is 6.37. The molecule has 0 unspecified atom stereocenters. The predicted octanol–water partition coefficient (Wildman–Crippen LogP) is 4.78. The molecule has 4 heteroatoms. The summed E-state index contributed by atoms with van der Waals surface area (Å²) in [7, 11) is 2.05. The topological polar surface area (TPSA) is 41.1 Å². The van der Waals surface area contributed by atoms with E-state index in [1.807, 2.05) is 19.1 Å². The third-order valence-corrected chi connectivity index (χ3v) is 4.35. The van der Waals surface area contributed by atoms with Gasteiger partial charge in [-0.2, -0.15) is 0 Å². The average molecular weight is 332 g/mol. The van der Waals surface area contributed by atoms with Gasteiger partial charge in [-0.15, -0.1) is 0 Å². The Labute approximate surface area is 149 Å². The first-order valence-electron chi connectivity index (χ1n) is 8.47. The van der Waals surface area contributed by atoms with E-state index in [-0.39, 0.29) is 0 Å². The molecule has 1 N–H and O–H groups in total. The van der Waals surface area contributed by atoms with Crippen molar-refractivity contribution < 1.29 is 0 Å². The molecule has 0 atom stereocenters. The summed E-state index contributed by atoms with van der Waals surface area (Å²) in [6.07, 6.45) is 0. The monoisotopic (exact) mass is 332 g/mol. The maximum absolute atomic E-state index is 4.59. The van der Waals surface area contributed by atoms with Crippen LogP contribution in [0.2, 0.25) is 0 Å². The van der Waals surface area contributed by atoms with Crippen molar-refractivity contribution in [3.05, 3.63) is 77.1 Å². The maximum atomic E-state index is 4.59. The lowest BCUT2D eigenvalue weighted by Crippen LogP contribution is -2.18. The standard InChI is InChI=1S/C21H24N4/c1-15-9-8-12-19(16(15)2)24-20-13-21(23-17(3)22-20)25(4)14-18-10-6-5-7-11-18/h5-13H,14H2,1-4H3,(H,22,23,24). The van der Waals surface area contributed by atoms with Gasteiger partial charge in [-0.05, 0) is 43.5 Å². The minimum atomic E-state index is 0.755. The molecule has 0 amide bonds. The zero-order chi connectivity index (χ0) is 17.8. The summed E-state index contributed by atoms with van der Waals surface area (Å²) in [6.45, 7) is 6.97. The van der Waals surface area contributed by atoms with E-state index < -0.39 is 0 Å². The molecule has 0 saturated carbocycles. The molecule has 2 aromatic carbocycles. The van der Waals surface area contributed by atoms with Gasteiger partial charge in [0.1, 0.15) is 17.5 Å². The van der Waals surface area contributed by atoms with Crippen LogP contribution >= 0.6 is 0 Å². The zero-order valence-electron chi connectivity index (χ0n) is 15.2. The highest BCUT2D eigenvalue weighted by Gasteiger charge is 2.09. The summed E-state index contributed by atoms with van der Waals surface area (Å²) in [5.41, 5.74) is 4.83. The zero-order valence-corrected chi connectivity index (χ0v) is 15.2. The number of nitrogens with one attached hydrogen (secondary N) is 1. The van der Waals surface area contributed by atoms with Crippen LogP contribution in [0.4, 0.5) is 17.3 Å². The molecule has 25 heavy (non-hydrogen) atoms. The van der Waals surface area contributed by atoms with Crippen LogP contribution < -0.4 is 10.2 Å². The van der Waals surface area contributed by atoms with Gasteiger partial charge in [0.15, 0.2) is 0 Å². The molecule has 1 heterocycles. The van der Waals surface area contributed by atoms with E-state index in [1.165, 1.54) is 16.7 Å². The molecule has 3 aromatic rings. The normalized spacial score (nSPS) is 10.6. The smallest absolute Gasteiger partial charge is 0.136 e. The molecular weight excluding hydrogens is 308 g/mol. The van der Waals surface area contributed by atoms with Crippen LogP contribution in [-0.4, -0.2) is 17.0 Å². The van der Waals surface area contributed by atoms with Gasteiger partial charge in [0.25, 0.3) is 0 Å². The molecule has 0 saturated heterocycles. The second-order valence-corrected chi connectivity index (χ2v) is 6.37. The fraction of sp³-hybridized carbons (Fsp3) is 0.238. The summed E-state index contributed by atoms with van der Waals surface area (Å²) in [5.74, 6) is 2.48. The Morgan fingerprint density at radius 3 is 2.44 bits per heavy atom. The van der Waals surface area contributed by atoms with E-state index in [9.17, 15) is 0 Å². The summed E-state index contributed by atoms with van der Waals surface area (Å²) < 4.78 is 0. The van der Waals surface area contributed by atoms with E-state index in [0.717, 1.165) is 29.7 Å². The summed E-state index contributed by atoms with van der Waals surface area (Å²) in [4.78, 5) is 11.3. The summed E-state index contributed by atoms with van der Waals surface area (Å²) in [6, 6.07) is 18.6. The van der Waals surface area contributed by atoms with Crippen molar-refractivity contribution in [1.82, 2.24) is 9.97 Å². The van der Waals surface area contributed by atoms with Crippen LogP contribution in [-0.2, 0) is 6.54 Å². The Morgan fingerprint density at radius 2 is 1.68 bits per heavy atom. The molecule has 0 spiro atoms. The van der Waals surface area contributed by atoms with Crippen molar-refractivity contribution in [2.75, 3.05) is 17.3 Å². The number of nitrogens with zero attached hydrogens (tertiary/aromatic N) is 3. The van der Waals surface area contributed by atoms with Crippen molar-refractivity contribution in [3.8, 4) is 0 Å². The lowest BCUT2D eigenvalue weighted by Gasteiger charge is -2.20. The van der Waals surface area contributed by atoms with Gasteiger partial charge in [0.2, 0.25) is 0 Å². The highest BCUT2D eigenvalue weighted by molar-refractivity contribution is 5.64. The molecule has 0 aliphatic heterocycles. The Kier molecular flexibility index (Phi) is 4.98. The largest absolute Gasteiger partial charge is 0.355 e. The molecule has 0 bridgehead atoms. The molecule has 0 fully saturated rings. The van der Waals surface area contributed by atoms with Crippen LogP contribution in [0.15, 0.2) is 54.6 Å². The van der Waals surface area contributed by atoms with Crippen LogP contribution in [0.25, 0.3) is 0 Å². The third-order valence-electron chi connectivity index (χ3n) is 4.35. The van der Waals surface area contributed by atoms with Crippen molar-refractivity contribution in [1.29, 1.82) is 0 Å². The number of hydrogen-bond donors (Lipinski definition) is 1. The minimum absolute atomic E-state index is 0.755. The lowest BCUT2D eigenvalue weighted by atomic mass is 10.1. The van der Waals surface area contributed by atoms with E-state index in [2.05, 4.69) is 83.5 Å². The van der Waals surface area contributed by atoms with Crippen molar-refractivity contribution >= 4 is 17.3 Å². The number of hydrogen-bond acceptors (Lipinski definition) is 4. The highest BCUT2D eigenvalue weighted by atomic mass is 15.2. The van der Waals surface area contributed by atoms with Gasteiger partial charge in [-0.3, -0.25) is 0 Å². The van der Waals surface area contributed by atoms with Crippen molar-refractivity contribution in [3.63, 3.8) is 0 Å². The third kappa shape index (κ3) is 4.15. The van der Waals surface area contributed by atoms with Gasteiger partial charge in [0.05, 0.1) is 0 Å².